The molecule has 0 aromatic heterocycles. The minimum atomic E-state index is -3.28. The summed E-state index contributed by atoms with van der Waals surface area (Å²) in [5.74, 6) is -0.696. The summed E-state index contributed by atoms with van der Waals surface area (Å²) in [7, 11) is -1.78. The third-order valence-electron chi connectivity index (χ3n) is 4.46. The van der Waals surface area contributed by atoms with Gasteiger partial charge in [-0.2, -0.15) is 0 Å². The van der Waals surface area contributed by atoms with Gasteiger partial charge in [-0.15, -0.1) is 0 Å². The Morgan fingerprint density at radius 3 is 2.28 bits per heavy atom. The number of para-hydroxylation sites is 1. The molecule has 0 aliphatic carbocycles. The van der Waals surface area contributed by atoms with Crippen molar-refractivity contribution in [1.29, 1.82) is 0 Å². The first-order chi connectivity index (χ1) is 13.7. The van der Waals surface area contributed by atoms with Gasteiger partial charge in [-0.25, -0.2) is 8.42 Å². The Morgan fingerprint density at radius 2 is 1.72 bits per heavy atom. The minimum absolute atomic E-state index is 0.126. The predicted molar refractivity (Wildman–Crippen MR) is 114 cm³/mol. The van der Waals surface area contributed by atoms with E-state index >= 15 is 0 Å². The summed E-state index contributed by atoms with van der Waals surface area (Å²) in [6, 6.07) is 11.1. The third-order valence-corrected chi connectivity index (χ3v) is 6.96. The Balaban J connectivity index is 1.65. The molecule has 0 spiro atoms. The number of carbonyl (C=O) groups excluding carboxylic acids is 2. The highest BCUT2D eigenvalue weighted by Crippen LogP contribution is 2.29. The van der Waals surface area contributed by atoms with Gasteiger partial charge in [-0.3, -0.25) is 13.9 Å². The smallest absolute Gasteiger partial charge is 0.254 e. The summed E-state index contributed by atoms with van der Waals surface area (Å²) >= 11 is 12.1. The van der Waals surface area contributed by atoms with Gasteiger partial charge in [0.1, 0.15) is 0 Å². The maximum absolute atomic E-state index is 12.6. The van der Waals surface area contributed by atoms with Crippen molar-refractivity contribution in [2.45, 2.75) is 6.42 Å². The zero-order chi connectivity index (χ0) is 21.2. The molecule has 0 bridgehead atoms. The van der Waals surface area contributed by atoms with E-state index in [4.69, 9.17) is 23.2 Å². The van der Waals surface area contributed by atoms with Crippen LogP contribution in [0.3, 0.4) is 0 Å². The topological polar surface area (TPSA) is 86.8 Å². The lowest BCUT2D eigenvalue weighted by Crippen LogP contribution is -2.35. The van der Waals surface area contributed by atoms with Crippen molar-refractivity contribution in [2.75, 3.05) is 35.5 Å². The van der Waals surface area contributed by atoms with E-state index in [2.05, 4.69) is 5.32 Å². The molecule has 0 atom stereocenters. The third kappa shape index (κ3) is 4.83. The number of hydrogen-bond acceptors (Lipinski definition) is 4. The second-order valence-electron chi connectivity index (χ2n) is 6.59. The summed E-state index contributed by atoms with van der Waals surface area (Å²) in [6.07, 6.45) is 0.580. The molecule has 1 saturated heterocycles. The lowest BCUT2D eigenvalue weighted by molar-refractivity contribution is -0.116. The Hall–Kier alpha value is -2.29. The predicted octanol–water partition coefficient (Wildman–Crippen LogP) is 3.24. The molecule has 29 heavy (non-hydrogen) atoms. The zero-order valence-corrected chi connectivity index (χ0v) is 17.9. The first-order valence-corrected chi connectivity index (χ1v) is 11.2. The zero-order valence-electron chi connectivity index (χ0n) is 15.6. The van der Waals surface area contributed by atoms with Gasteiger partial charge < -0.3 is 10.2 Å². The van der Waals surface area contributed by atoms with Crippen molar-refractivity contribution >= 4 is 56.4 Å². The Labute approximate surface area is 179 Å². The molecule has 10 heteroatoms. The van der Waals surface area contributed by atoms with Gasteiger partial charge in [0, 0.05) is 19.2 Å². The number of sulfonamides is 1. The van der Waals surface area contributed by atoms with Crippen LogP contribution >= 0.6 is 23.2 Å². The van der Waals surface area contributed by atoms with Crippen LogP contribution in [0, 0.1) is 0 Å². The van der Waals surface area contributed by atoms with Crippen LogP contribution in [-0.4, -0.2) is 51.0 Å². The molecule has 1 fully saturated rings. The van der Waals surface area contributed by atoms with Gasteiger partial charge in [0.15, 0.2) is 0 Å². The van der Waals surface area contributed by atoms with Crippen LogP contribution in [0.5, 0.6) is 0 Å². The van der Waals surface area contributed by atoms with E-state index in [0.29, 0.717) is 34.3 Å². The average molecular weight is 456 g/mol. The number of nitrogens with zero attached hydrogens (tertiary/aromatic N) is 2. The van der Waals surface area contributed by atoms with Gasteiger partial charge in [0.2, 0.25) is 15.9 Å². The van der Waals surface area contributed by atoms with E-state index in [-0.39, 0.29) is 23.9 Å². The lowest BCUT2D eigenvalue weighted by atomic mass is 10.2. The summed E-state index contributed by atoms with van der Waals surface area (Å²) in [4.78, 5) is 26.1. The monoisotopic (exact) mass is 455 g/mol. The molecule has 7 nitrogen and oxygen atoms in total. The molecule has 154 valence electrons. The van der Waals surface area contributed by atoms with Crippen molar-refractivity contribution in [2.24, 2.45) is 0 Å². The van der Waals surface area contributed by atoms with Crippen molar-refractivity contribution in [3.8, 4) is 0 Å². The van der Waals surface area contributed by atoms with Crippen LogP contribution in [0.4, 0.5) is 11.4 Å². The number of rotatable bonds is 5. The minimum Gasteiger partial charge on any atom is -0.332 e. The highest BCUT2D eigenvalue weighted by Gasteiger charge is 2.28. The molecule has 1 aliphatic heterocycles. The number of likely N-dealkylation sites (N-methyl/N-ethyl adjacent to an activating group) is 1. The number of benzene rings is 2. The molecule has 1 N–H and O–H groups in total. The van der Waals surface area contributed by atoms with E-state index in [1.807, 2.05) is 0 Å². The van der Waals surface area contributed by atoms with E-state index in [1.54, 1.807) is 42.5 Å². The second-order valence-corrected chi connectivity index (χ2v) is 9.42. The van der Waals surface area contributed by atoms with Gasteiger partial charge in [-0.05, 0) is 42.8 Å². The number of nitrogens with one attached hydrogen (secondary N) is 1. The SMILES string of the molecule is CN(CC(=O)Nc1c(Cl)cccc1Cl)C(=O)c1ccc(N2CCCS2(=O)=O)cc1. The van der Waals surface area contributed by atoms with Gasteiger partial charge in [-0.1, -0.05) is 29.3 Å². The van der Waals surface area contributed by atoms with Crippen molar-refractivity contribution < 1.29 is 18.0 Å². The molecule has 2 aromatic carbocycles. The molecule has 2 aromatic rings. The van der Waals surface area contributed by atoms with E-state index in [9.17, 15) is 18.0 Å². The fourth-order valence-electron chi connectivity index (χ4n) is 3.00. The van der Waals surface area contributed by atoms with Gasteiger partial charge >= 0.3 is 0 Å². The maximum atomic E-state index is 12.6. The lowest BCUT2D eigenvalue weighted by Gasteiger charge is -2.19. The average Bonchev–Trinajstić information content (AvgIpc) is 3.03. The molecule has 0 unspecified atom stereocenters. The van der Waals surface area contributed by atoms with E-state index in [1.165, 1.54) is 16.3 Å². The fraction of sp³-hybridized carbons (Fsp3) is 0.263. The van der Waals surface area contributed by atoms with Crippen LogP contribution < -0.4 is 9.62 Å². The number of anilines is 2. The summed E-state index contributed by atoms with van der Waals surface area (Å²) in [6.45, 7) is 0.225. The van der Waals surface area contributed by atoms with Crippen LogP contribution in [0.2, 0.25) is 10.0 Å². The molecule has 0 radical (unpaired) electrons. The number of carbonyl (C=O) groups is 2. The van der Waals surface area contributed by atoms with Crippen molar-refractivity contribution in [3.63, 3.8) is 0 Å². The molecule has 1 aliphatic rings. The molecule has 0 saturated carbocycles. The largest absolute Gasteiger partial charge is 0.332 e. The quantitative estimate of drug-likeness (QED) is 0.749. The highest BCUT2D eigenvalue weighted by molar-refractivity contribution is 7.93. The molecular weight excluding hydrogens is 437 g/mol. The van der Waals surface area contributed by atoms with Crippen LogP contribution in [0.15, 0.2) is 42.5 Å². The standard InChI is InChI=1S/C19H19Cl2N3O4S/c1-23(12-17(25)22-18-15(20)4-2-5-16(18)21)19(26)13-6-8-14(9-7-13)24-10-3-11-29(24,27)28/h2,4-9H,3,10-12H2,1H3,(H,22,25). The van der Waals surface area contributed by atoms with Crippen molar-refractivity contribution in [3.05, 3.63) is 58.1 Å². The first-order valence-electron chi connectivity index (χ1n) is 8.79. The van der Waals surface area contributed by atoms with Gasteiger partial charge in [0.25, 0.3) is 5.91 Å². The normalized spacial score (nSPS) is 15.2. The first kappa shape index (κ1) is 21.4. The van der Waals surface area contributed by atoms with E-state index in [0.717, 1.165) is 0 Å². The molecule has 3 rings (SSSR count). The molecular formula is C19H19Cl2N3O4S. The molecule has 1 heterocycles. The van der Waals surface area contributed by atoms with Gasteiger partial charge in [0.05, 0.1) is 33.7 Å². The Morgan fingerprint density at radius 1 is 1.10 bits per heavy atom. The van der Waals surface area contributed by atoms with Crippen LogP contribution in [-0.2, 0) is 14.8 Å². The summed E-state index contributed by atoms with van der Waals surface area (Å²) in [5.41, 5.74) is 1.15. The highest BCUT2D eigenvalue weighted by atomic mass is 35.5. The number of halogens is 2. The Bertz CT molecular complexity index is 1020. The Kier molecular flexibility index (Phi) is 6.36. The fourth-order valence-corrected chi connectivity index (χ4v) is 5.06. The second kappa shape index (κ2) is 8.61. The van der Waals surface area contributed by atoms with Crippen molar-refractivity contribution in [1.82, 2.24) is 4.90 Å². The summed E-state index contributed by atoms with van der Waals surface area (Å²) < 4.78 is 25.3. The number of amides is 2. The van der Waals surface area contributed by atoms with Crippen LogP contribution in [0.1, 0.15) is 16.8 Å². The molecule has 2 amide bonds. The summed E-state index contributed by atoms with van der Waals surface area (Å²) in [5, 5.41) is 3.20. The maximum Gasteiger partial charge on any atom is 0.254 e. The number of hydrogen-bond donors (Lipinski definition) is 1. The van der Waals surface area contributed by atoms with E-state index < -0.39 is 15.9 Å². The van der Waals surface area contributed by atoms with Crippen LogP contribution in [0.25, 0.3) is 0 Å².